The van der Waals surface area contributed by atoms with E-state index in [0.717, 1.165) is 23.6 Å². The first kappa shape index (κ1) is 12.1. The van der Waals surface area contributed by atoms with Crippen molar-refractivity contribution >= 4 is 17.7 Å². The predicted octanol–water partition coefficient (Wildman–Crippen LogP) is 2.32. The molecule has 5 heteroatoms. The van der Waals surface area contributed by atoms with Crippen LogP contribution in [0.25, 0.3) is 0 Å². The molecule has 1 aromatic heterocycles. The number of aromatic carboxylic acids is 1. The largest absolute Gasteiger partial charge is 0.478 e. The molecule has 0 fully saturated rings. The minimum atomic E-state index is -0.889. The van der Waals surface area contributed by atoms with E-state index in [-0.39, 0.29) is 0 Å². The van der Waals surface area contributed by atoms with E-state index in [1.165, 1.54) is 0 Å². The summed E-state index contributed by atoms with van der Waals surface area (Å²) in [6.07, 6.45) is 2.21. The van der Waals surface area contributed by atoms with E-state index in [9.17, 15) is 4.79 Å². The fraction of sp³-hybridized carbons (Fsp3) is 0.600. The Morgan fingerprint density at radius 2 is 2.27 bits per heavy atom. The Hall–Kier alpha value is -0.970. The minimum absolute atomic E-state index is 0.346. The molecule has 0 spiro atoms. The molecular weight excluding hydrogens is 212 g/mol. The first-order valence-electron chi connectivity index (χ1n) is 4.97. The topological polar surface area (TPSA) is 55.1 Å². The van der Waals surface area contributed by atoms with E-state index in [1.54, 1.807) is 30.4 Å². The van der Waals surface area contributed by atoms with E-state index >= 15 is 0 Å². The first-order chi connectivity index (χ1) is 7.07. The van der Waals surface area contributed by atoms with Crippen LogP contribution >= 0.6 is 11.8 Å². The van der Waals surface area contributed by atoms with Crippen LogP contribution in [0.2, 0.25) is 0 Å². The van der Waals surface area contributed by atoms with Gasteiger partial charge in [-0.05, 0) is 19.1 Å². The van der Waals surface area contributed by atoms with E-state index < -0.39 is 5.97 Å². The Kier molecular flexibility index (Phi) is 4.20. The number of unbranched alkanes of at least 4 members (excludes halogenated alkanes) is 1. The maximum Gasteiger partial charge on any atom is 0.340 e. The zero-order valence-electron chi connectivity index (χ0n) is 9.28. The van der Waals surface area contributed by atoms with Gasteiger partial charge in [0.05, 0.1) is 5.69 Å². The number of nitrogens with zero attached hydrogens (tertiary/aromatic N) is 2. The third kappa shape index (κ3) is 2.75. The minimum Gasteiger partial charge on any atom is -0.478 e. The maximum absolute atomic E-state index is 11.0. The van der Waals surface area contributed by atoms with Gasteiger partial charge in [-0.3, -0.25) is 4.68 Å². The number of carboxylic acids is 1. The molecule has 4 nitrogen and oxygen atoms in total. The third-order valence-electron chi connectivity index (χ3n) is 2.12. The van der Waals surface area contributed by atoms with Crippen molar-refractivity contribution in [3.63, 3.8) is 0 Å². The molecule has 0 aromatic carbocycles. The second-order valence-electron chi connectivity index (χ2n) is 3.40. The standard InChI is InChI=1S/C10H16N2O2S/c1-4-5-6-15-9-8(10(13)14)7(2)11-12(9)3/h4-6H2,1-3H3,(H,13,14). The summed E-state index contributed by atoms with van der Waals surface area (Å²) in [5.74, 6) is 0.0510. The van der Waals surface area contributed by atoms with E-state index in [4.69, 9.17) is 5.11 Å². The van der Waals surface area contributed by atoms with Crippen LogP contribution in [-0.4, -0.2) is 26.6 Å². The number of hydrogen-bond donors (Lipinski definition) is 1. The molecule has 1 heterocycles. The molecule has 0 amide bonds. The summed E-state index contributed by atoms with van der Waals surface area (Å²) < 4.78 is 1.65. The number of carbonyl (C=O) groups is 1. The van der Waals surface area contributed by atoms with Gasteiger partial charge in [-0.25, -0.2) is 4.79 Å². The Labute approximate surface area is 93.7 Å². The summed E-state index contributed by atoms with van der Waals surface area (Å²) in [5, 5.41) is 13.9. The van der Waals surface area contributed by atoms with Crippen molar-refractivity contribution in [1.29, 1.82) is 0 Å². The van der Waals surface area contributed by atoms with Crippen molar-refractivity contribution in [2.75, 3.05) is 5.75 Å². The lowest BCUT2D eigenvalue weighted by molar-refractivity contribution is 0.0692. The average Bonchev–Trinajstić information content (AvgIpc) is 2.42. The summed E-state index contributed by atoms with van der Waals surface area (Å²) in [7, 11) is 1.79. The molecule has 1 aromatic rings. The zero-order chi connectivity index (χ0) is 11.4. The molecule has 0 aliphatic carbocycles. The molecule has 1 rings (SSSR count). The Balaban J connectivity index is 2.89. The molecule has 0 saturated heterocycles. The molecule has 0 bridgehead atoms. The molecule has 15 heavy (non-hydrogen) atoms. The first-order valence-corrected chi connectivity index (χ1v) is 5.96. The van der Waals surface area contributed by atoms with E-state index in [2.05, 4.69) is 12.0 Å². The van der Waals surface area contributed by atoms with Crippen LogP contribution in [0, 0.1) is 6.92 Å². The van der Waals surface area contributed by atoms with Gasteiger partial charge < -0.3 is 5.11 Å². The Morgan fingerprint density at radius 1 is 1.60 bits per heavy atom. The van der Waals surface area contributed by atoms with Crippen molar-refractivity contribution in [3.8, 4) is 0 Å². The number of carboxylic acid groups (broad SMARTS) is 1. The molecule has 0 unspecified atom stereocenters. The van der Waals surface area contributed by atoms with Crippen molar-refractivity contribution in [3.05, 3.63) is 11.3 Å². The lowest BCUT2D eigenvalue weighted by Gasteiger charge is -2.02. The fourth-order valence-corrected chi connectivity index (χ4v) is 2.60. The quantitative estimate of drug-likeness (QED) is 0.620. The highest BCUT2D eigenvalue weighted by atomic mass is 32.2. The van der Waals surface area contributed by atoms with Gasteiger partial charge in [0.15, 0.2) is 0 Å². The molecule has 84 valence electrons. The predicted molar refractivity (Wildman–Crippen MR) is 60.5 cm³/mol. The highest BCUT2D eigenvalue weighted by Gasteiger charge is 2.19. The molecule has 0 atom stereocenters. The van der Waals surface area contributed by atoms with Crippen molar-refractivity contribution < 1.29 is 9.90 Å². The number of hydrogen-bond acceptors (Lipinski definition) is 3. The second kappa shape index (κ2) is 5.21. The Bertz CT molecular complexity index is 361. The van der Waals surface area contributed by atoms with Crippen molar-refractivity contribution in [2.24, 2.45) is 7.05 Å². The lowest BCUT2D eigenvalue weighted by Crippen LogP contribution is -2.00. The number of rotatable bonds is 5. The smallest absolute Gasteiger partial charge is 0.340 e. The summed E-state index contributed by atoms with van der Waals surface area (Å²) in [4.78, 5) is 11.0. The van der Waals surface area contributed by atoms with Crippen LogP contribution in [0.5, 0.6) is 0 Å². The van der Waals surface area contributed by atoms with Gasteiger partial charge in [-0.2, -0.15) is 5.10 Å². The van der Waals surface area contributed by atoms with Gasteiger partial charge >= 0.3 is 5.97 Å². The average molecular weight is 228 g/mol. The van der Waals surface area contributed by atoms with Gasteiger partial charge in [0.25, 0.3) is 0 Å². The molecule has 1 N–H and O–H groups in total. The van der Waals surface area contributed by atoms with E-state index in [1.807, 2.05) is 0 Å². The highest BCUT2D eigenvalue weighted by molar-refractivity contribution is 7.99. The maximum atomic E-state index is 11.0. The van der Waals surface area contributed by atoms with Crippen LogP contribution in [0.4, 0.5) is 0 Å². The summed E-state index contributed by atoms with van der Waals surface area (Å²) in [6, 6.07) is 0. The van der Waals surface area contributed by atoms with Gasteiger partial charge in [-0.15, -0.1) is 11.8 Å². The number of aryl methyl sites for hydroxylation is 2. The monoisotopic (exact) mass is 228 g/mol. The number of aromatic nitrogens is 2. The lowest BCUT2D eigenvalue weighted by atomic mass is 10.3. The molecule has 0 radical (unpaired) electrons. The summed E-state index contributed by atoms with van der Waals surface area (Å²) in [6.45, 7) is 3.85. The highest BCUT2D eigenvalue weighted by Crippen LogP contribution is 2.25. The van der Waals surface area contributed by atoms with Gasteiger partial charge in [0.2, 0.25) is 0 Å². The zero-order valence-corrected chi connectivity index (χ0v) is 10.1. The van der Waals surface area contributed by atoms with Crippen LogP contribution in [0.3, 0.4) is 0 Å². The SMILES string of the molecule is CCCCSc1c(C(=O)O)c(C)nn1C. The molecule has 0 aliphatic rings. The Morgan fingerprint density at radius 3 is 2.80 bits per heavy atom. The second-order valence-corrected chi connectivity index (χ2v) is 4.48. The van der Waals surface area contributed by atoms with Gasteiger partial charge in [0, 0.05) is 7.05 Å². The van der Waals surface area contributed by atoms with Crippen LogP contribution in [0.1, 0.15) is 35.8 Å². The van der Waals surface area contributed by atoms with Crippen LogP contribution in [0.15, 0.2) is 5.03 Å². The summed E-state index contributed by atoms with van der Waals surface area (Å²) in [5.41, 5.74) is 0.933. The molecule has 0 aliphatic heterocycles. The van der Waals surface area contributed by atoms with Crippen LogP contribution < -0.4 is 0 Å². The molecular formula is C10H16N2O2S. The molecule has 0 saturated carbocycles. The van der Waals surface area contributed by atoms with Gasteiger partial charge in [-0.1, -0.05) is 13.3 Å². The van der Waals surface area contributed by atoms with Crippen molar-refractivity contribution in [1.82, 2.24) is 9.78 Å². The van der Waals surface area contributed by atoms with Gasteiger partial charge in [0.1, 0.15) is 10.6 Å². The van der Waals surface area contributed by atoms with E-state index in [0.29, 0.717) is 11.3 Å². The third-order valence-corrected chi connectivity index (χ3v) is 3.35. The summed E-state index contributed by atoms with van der Waals surface area (Å²) >= 11 is 1.57. The fourth-order valence-electron chi connectivity index (χ4n) is 1.36. The van der Waals surface area contributed by atoms with Crippen molar-refractivity contribution in [2.45, 2.75) is 31.7 Å². The normalized spacial score (nSPS) is 10.6. The van der Waals surface area contributed by atoms with Crippen LogP contribution in [-0.2, 0) is 7.05 Å². The number of thioether (sulfide) groups is 1.